The van der Waals surface area contributed by atoms with Crippen LogP contribution in [0.5, 0.6) is 0 Å². The molecular formula is C21H15F3N6O2S. The molecule has 0 bridgehead atoms. The number of aromatic amines is 1. The first-order valence-electron chi connectivity index (χ1n) is 9.57. The van der Waals surface area contributed by atoms with E-state index in [1.165, 1.54) is 24.3 Å². The zero-order chi connectivity index (χ0) is 23.4. The highest BCUT2D eigenvalue weighted by molar-refractivity contribution is 7.90. The molecule has 0 atom stereocenters. The molecular weight excluding hydrogens is 457 g/mol. The molecule has 3 aromatic heterocycles. The van der Waals surface area contributed by atoms with E-state index in [-0.39, 0.29) is 21.9 Å². The van der Waals surface area contributed by atoms with Crippen LogP contribution in [0.1, 0.15) is 5.82 Å². The van der Waals surface area contributed by atoms with Gasteiger partial charge in [0.1, 0.15) is 0 Å². The van der Waals surface area contributed by atoms with Gasteiger partial charge in [-0.1, -0.05) is 12.1 Å². The van der Waals surface area contributed by atoms with Gasteiger partial charge in [0.2, 0.25) is 11.8 Å². The fraction of sp³-hybridized carbons (Fsp3) is 0.0952. The molecule has 0 aliphatic carbocycles. The van der Waals surface area contributed by atoms with Gasteiger partial charge in [-0.2, -0.15) is 13.2 Å². The van der Waals surface area contributed by atoms with E-state index >= 15 is 0 Å². The summed E-state index contributed by atoms with van der Waals surface area (Å²) in [5, 5.41) is 7.46. The average molecular weight is 472 g/mol. The van der Waals surface area contributed by atoms with Crippen LogP contribution in [0.2, 0.25) is 0 Å². The first kappa shape index (κ1) is 20.9. The van der Waals surface area contributed by atoms with Gasteiger partial charge in [-0.15, -0.1) is 5.10 Å². The van der Waals surface area contributed by atoms with Crippen LogP contribution in [0.4, 0.5) is 24.8 Å². The predicted molar refractivity (Wildman–Crippen MR) is 116 cm³/mol. The number of rotatable bonds is 4. The number of nitrogens with one attached hydrogen (secondary N) is 2. The first-order valence-corrected chi connectivity index (χ1v) is 11.5. The van der Waals surface area contributed by atoms with Crippen molar-refractivity contribution in [3.8, 4) is 11.3 Å². The predicted octanol–water partition coefficient (Wildman–Crippen LogP) is 4.44. The molecule has 5 rings (SSSR count). The van der Waals surface area contributed by atoms with Crippen LogP contribution < -0.4 is 5.32 Å². The first-order chi connectivity index (χ1) is 15.6. The molecule has 0 radical (unpaired) electrons. The zero-order valence-electron chi connectivity index (χ0n) is 16.9. The third-order valence-corrected chi connectivity index (χ3v) is 6.11. The Morgan fingerprint density at radius 3 is 2.48 bits per heavy atom. The Balaban J connectivity index is 1.47. The van der Waals surface area contributed by atoms with Crippen molar-refractivity contribution in [2.75, 3.05) is 11.6 Å². The Labute approximate surface area is 185 Å². The minimum atomic E-state index is -4.56. The number of imidazole rings is 1. The van der Waals surface area contributed by atoms with Gasteiger partial charge >= 0.3 is 6.18 Å². The molecule has 168 valence electrons. The summed E-state index contributed by atoms with van der Waals surface area (Å²) in [6.07, 6.45) is -1.82. The van der Waals surface area contributed by atoms with E-state index in [9.17, 15) is 21.6 Å². The number of H-pyrrole nitrogens is 1. The number of alkyl halides is 3. The van der Waals surface area contributed by atoms with E-state index in [2.05, 4.69) is 25.4 Å². The van der Waals surface area contributed by atoms with Gasteiger partial charge in [-0.3, -0.25) is 0 Å². The lowest BCUT2D eigenvalue weighted by molar-refractivity contribution is -0.144. The highest BCUT2D eigenvalue weighted by atomic mass is 32.2. The summed E-state index contributed by atoms with van der Waals surface area (Å²) in [7, 11) is -3.31. The Morgan fingerprint density at radius 1 is 1.03 bits per heavy atom. The molecule has 0 aliphatic rings. The number of benzene rings is 2. The van der Waals surface area contributed by atoms with Gasteiger partial charge in [0.25, 0.3) is 0 Å². The van der Waals surface area contributed by atoms with Crippen LogP contribution in [0.25, 0.3) is 27.8 Å². The van der Waals surface area contributed by atoms with E-state index in [0.29, 0.717) is 16.9 Å². The molecule has 0 aliphatic heterocycles. The lowest BCUT2D eigenvalue weighted by atomic mass is 10.2. The van der Waals surface area contributed by atoms with Crippen molar-refractivity contribution in [2.24, 2.45) is 0 Å². The molecule has 33 heavy (non-hydrogen) atoms. The molecule has 0 spiro atoms. The van der Waals surface area contributed by atoms with E-state index in [4.69, 9.17) is 0 Å². The van der Waals surface area contributed by atoms with Gasteiger partial charge < -0.3 is 10.3 Å². The molecule has 2 aromatic carbocycles. The number of halogens is 3. The number of sulfone groups is 1. The second kappa shape index (κ2) is 7.30. The molecule has 2 N–H and O–H groups in total. The standard InChI is InChI=1S/C21H15F3N6O2S/c1-33(31,32)15-6-2-12(3-7-15)18-9-5-14-11-25-20(29-30(14)18)26-13-4-8-16-17(10-13)28-19(27-16)21(22,23)24/h2-11H,1H3,(H,26,29)(H,27,28). The van der Waals surface area contributed by atoms with Gasteiger partial charge in [-0.05, 0) is 42.5 Å². The summed E-state index contributed by atoms with van der Waals surface area (Å²) in [4.78, 5) is 10.3. The molecule has 0 saturated carbocycles. The van der Waals surface area contributed by atoms with Crippen LogP contribution in [0.3, 0.4) is 0 Å². The quantitative estimate of drug-likeness (QED) is 0.401. The molecule has 5 aromatic rings. The van der Waals surface area contributed by atoms with Crippen molar-refractivity contribution >= 4 is 38.0 Å². The Hall–Kier alpha value is -3.93. The van der Waals surface area contributed by atoms with Crippen molar-refractivity contribution < 1.29 is 21.6 Å². The number of hydrogen-bond donors (Lipinski definition) is 2. The second-order valence-electron chi connectivity index (χ2n) is 7.37. The monoisotopic (exact) mass is 472 g/mol. The summed E-state index contributed by atoms with van der Waals surface area (Å²) >= 11 is 0. The molecule has 0 saturated heterocycles. The van der Waals surface area contributed by atoms with E-state index in [1.54, 1.807) is 28.9 Å². The number of aromatic nitrogens is 5. The molecule has 12 heteroatoms. The van der Waals surface area contributed by atoms with Crippen molar-refractivity contribution in [3.05, 3.63) is 66.6 Å². The lowest BCUT2D eigenvalue weighted by Crippen LogP contribution is -2.06. The van der Waals surface area contributed by atoms with Crippen molar-refractivity contribution in [1.29, 1.82) is 0 Å². The van der Waals surface area contributed by atoms with Crippen LogP contribution in [-0.4, -0.2) is 39.2 Å². The fourth-order valence-corrected chi connectivity index (χ4v) is 4.03. The van der Waals surface area contributed by atoms with E-state index in [0.717, 1.165) is 11.8 Å². The average Bonchev–Trinajstić information content (AvgIpc) is 3.37. The lowest BCUT2D eigenvalue weighted by Gasteiger charge is -2.07. The topological polar surface area (TPSA) is 105 Å². The number of fused-ring (bicyclic) bond motifs is 2. The van der Waals surface area contributed by atoms with Gasteiger partial charge in [0, 0.05) is 17.5 Å². The maximum Gasteiger partial charge on any atom is 0.449 e. The summed E-state index contributed by atoms with van der Waals surface area (Å²) in [5.74, 6) is -0.839. The van der Waals surface area contributed by atoms with Gasteiger partial charge in [0.15, 0.2) is 9.84 Å². The summed E-state index contributed by atoms with van der Waals surface area (Å²) < 4.78 is 63.7. The SMILES string of the molecule is CS(=O)(=O)c1ccc(-c2ccc3cnc(Nc4ccc5nc(C(F)(F)F)[nH]c5c4)nn23)cc1. The fourth-order valence-electron chi connectivity index (χ4n) is 3.40. The highest BCUT2D eigenvalue weighted by Gasteiger charge is 2.34. The molecule has 8 nitrogen and oxygen atoms in total. The number of nitrogens with zero attached hydrogens (tertiary/aromatic N) is 4. The minimum absolute atomic E-state index is 0.189. The normalized spacial score (nSPS) is 12.5. The molecule has 0 amide bonds. The molecule has 0 unspecified atom stereocenters. The van der Waals surface area contributed by atoms with Crippen LogP contribution in [-0.2, 0) is 16.0 Å². The van der Waals surface area contributed by atoms with Crippen molar-refractivity contribution in [1.82, 2.24) is 24.6 Å². The molecule has 0 fully saturated rings. The maximum absolute atomic E-state index is 12.9. The summed E-state index contributed by atoms with van der Waals surface area (Å²) in [6.45, 7) is 0. The number of anilines is 2. The highest BCUT2D eigenvalue weighted by Crippen LogP contribution is 2.30. The van der Waals surface area contributed by atoms with Gasteiger partial charge in [0.05, 0.1) is 33.3 Å². The second-order valence-corrected chi connectivity index (χ2v) is 9.39. The zero-order valence-corrected chi connectivity index (χ0v) is 17.7. The Kier molecular flexibility index (Phi) is 4.64. The van der Waals surface area contributed by atoms with Gasteiger partial charge in [-0.25, -0.2) is 22.9 Å². The largest absolute Gasteiger partial charge is 0.449 e. The minimum Gasteiger partial charge on any atom is -0.334 e. The molecule has 3 heterocycles. The smallest absolute Gasteiger partial charge is 0.334 e. The van der Waals surface area contributed by atoms with Crippen LogP contribution >= 0.6 is 0 Å². The van der Waals surface area contributed by atoms with Crippen LogP contribution in [0.15, 0.2) is 65.7 Å². The maximum atomic E-state index is 12.9. The van der Waals surface area contributed by atoms with Crippen LogP contribution in [0, 0.1) is 0 Å². The summed E-state index contributed by atoms with van der Waals surface area (Å²) in [6, 6.07) is 14.6. The number of hydrogen-bond acceptors (Lipinski definition) is 6. The third-order valence-electron chi connectivity index (χ3n) is 4.98. The third kappa shape index (κ3) is 4.00. The Morgan fingerprint density at radius 2 is 1.79 bits per heavy atom. The van der Waals surface area contributed by atoms with Crippen molar-refractivity contribution in [3.63, 3.8) is 0 Å². The van der Waals surface area contributed by atoms with E-state index < -0.39 is 21.8 Å². The Bertz CT molecular complexity index is 1610. The van der Waals surface area contributed by atoms with E-state index in [1.807, 2.05) is 12.1 Å². The van der Waals surface area contributed by atoms with Crippen molar-refractivity contribution in [2.45, 2.75) is 11.1 Å². The summed E-state index contributed by atoms with van der Waals surface area (Å²) in [5.41, 5.74) is 3.07.